The lowest BCUT2D eigenvalue weighted by Gasteiger charge is -2.22. The topological polar surface area (TPSA) is 46.3 Å². The van der Waals surface area contributed by atoms with E-state index in [1.165, 1.54) is 6.39 Å². The first-order valence-electron chi connectivity index (χ1n) is 4.79. The van der Waals surface area contributed by atoms with Gasteiger partial charge in [-0.3, -0.25) is 0 Å². The molecule has 1 N–H and O–H groups in total. The van der Waals surface area contributed by atoms with E-state index in [1.807, 2.05) is 12.1 Å². The summed E-state index contributed by atoms with van der Waals surface area (Å²) in [6.45, 7) is 4.13. The fourth-order valence-corrected chi connectivity index (χ4v) is 1.55. The predicted octanol–water partition coefficient (Wildman–Crippen LogP) is 2.71. The fourth-order valence-electron chi connectivity index (χ4n) is 1.55. The molecule has 0 atom stereocenters. The molecular formula is C12H13NO2. The van der Waals surface area contributed by atoms with Gasteiger partial charge in [0.05, 0.1) is 5.69 Å². The molecule has 2 aromatic rings. The van der Waals surface area contributed by atoms with Crippen molar-refractivity contribution in [2.75, 3.05) is 0 Å². The number of hydrogen-bond acceptors (Lipinski definition) is 3. The second-order valence-corrected chi connectivity index (χ2v) is 4.05. The minimum atomic E-state index is -0.208. The van der Waals surface area contributed by atoms with Gasteiger partial charge in [0.2, 0.25) is 0 Å². The Bertz CT molecular complexity index is 429. The molecule has 0 saturated carbocycles. The molecule has 0 amide bonds. The van der Waals surface area contributed by atoms with Gasteiger partial charge in [-0.1, -0.05) is 26.0 Å². The van der Waals surface area contributed by atoms with Crippen molar-refractivity contribution < 1.29 is 9.52 Å². The first kappa shape index (κ1) is 9.77. The largest absolute Gasteiger partial charge is 0.508 e. The van der Waals surface area contributed by atoms with E-state index in [4.69, 9.17) is 4.42 Å². The zero-order valence-corrected chi connectivity index (χ0v) is 8.77. The lowest BCUT2D eigenvalue weighted by Crippen LogP contribution is -2.19. The van der Waals surface area contributed by atoms with Crippen molar-refractivity contribution >= 4 is 0 Å². The zero-order valence-electron chi connectivity index (χ0n) is 8.77. The molecular weight excluding hydrogens is 190 g/mol. The van der Waals surface area contributed by atoms with Gasteiger partial charge in [0, 0.05) is 5.41 Å². The van der Waals surface area contributed by atoms with Gasteiger partial charge in [-0.25, -0.2) is 4.98 Å². The number of aromatic hydroxyl groups is 1. The van der Waals surface area contributed by atoms with Gasteiger partial charge in [-0.05, 0) is 17.7 Å². The zero-order chi connectivity index (χ0) is 10.9. The van der Waals surface area contributed by atoms with Crippen LogP contribution in [0.2, 0.25) is 0 Å². The number of phenolic OH excluding ortho intramolecular Hbond substituents is 1. The number of nitrogens with zero attached hydrogens (tertiary/aromatic N) is 1. The normalized spacial score (nSPS) is 11.6. The highest BCUT2D eigenvalue weighted by Gasteiger charge is 2.25. The molecule has 0 aliphatic carbocycles. The minimum Gasteiger partial charge on any atom is -0.508 e. The second kappa shape index (κ2) is 3.42. The lowest BCUT2D eigenvalue weighted by molar-refractivity contribution is 0.474. The van der Waals surface area contributed by atoms with Gasteiger partial charge in [0.15, 0.2) is 6.39 Å². The quantitative estimate of drug-likeness (QED) is 0.816. The van der Waals surface area contributed by atoms with E-state index < -0.39 is 0 Å². The van der Waals surface area contributed by atoms with Crippen LogP contribution in [0.1, 0.15) is 25.1 Å². The molecule has 0 unspecified atom stereocenters. The number of oxazole rings is 1. The average molecular weight is 203 g/mol. The maximum atomic E-state index is 9.22. The van der Waals surface area contributed by atoms with Crippen LogP contribution in [0, 0.1) is 0 Å². The monoisotopic (exact) mass is 203 g/mol. The summed E-state index contributed by atoms with van der Waals surface area (Å²) in [4.78, 5) is 4.16. The summed E-state index contributed by atoms with van der Waals surface area (Å²) in [7, 11) is 0. The molecule has 0 aliphatic heterocycles. The third-order valence-corrected chi connectivity index (χ3v) is 2.66. The molecule has 3 nitrogen and oxygen atoms in total. The molecule has 1 aromatic carbocycles. The van der Waals surface area contributed by atoms with E-state index in [9.17, 15) is 5.11 Å². The van der Waals surface area contributed by atoms with Gasteiger partial charge < -0.3 is 9.52 Å². The van der Waals surface area contributed by atoms with Crippen LogP contribution in [-0.4, -0.2) is 10.1 Å². The Balaban J connectivity index is 2.41. The maximum absolute atomic E-state index is 9.22. The highest BCUT2D eigenvalue weighted by molar-refractivity contribution is 5.35. The molecule has 0 aliphatic rings. The summed E-state index contributed by atoms with van der Waals surface area (Å²) >= 11 is 0. The molecule has 0 spiro atoms. The van der Waals surface area contributed by atoms with Crippen LogP contribution < -0.4 is 0 Å². The SMILES string of the molecule is CC(C)(c1ccc(O)cc1)c1cocn1. The van der Waals surface area contributed by atoms with E-state index in [2.05, 4.69) is 18.8 Å². The van der Waals surface area contributed by atoms with E-state index in [0.29, 0.717) is 0 Å². The number of aromatic nitrogens is 1. The first-order valence-corrected chi connectivity index (χ1v) is 4.79. The van der Waals surface area contributed by atoms with Gasteiger partial charge in [-0.15, -0.1) is 0 Å². The molecule has 0 fully saturated rings. The third kappa shape index (κ3) is 1.73. The third-order valence-electron chi connectivity index (χ3n) is 2.66. The molecule has 2 rings (SSSR count). The van der Waals surface area contributed by atoms with Crippen LogP contribution >= 0.6 is 0 Å². The Kier molecular flexibility index (Phi) is 2.23. The molecule has 0 radical (unpaired) electrons. The maximum Gasteiger partial charge on any atom is 0.180 e. The molecule has 0 bridgehead atoms. The van der Waals surface area contributed by atoms with Gasteiger partial charge in [0.1, 0.15) is 12.0 Å². The Morgan fingerprint density at radius 3 is 2.40 bits per heavy atom. The van der Waals surface area contributed by atoms with Crippen LogP contribution in [0.5, 0.6) is 5.75 Å². The standard InChI is InChI=1S/C12H13NO2/c1-12(2,11-7-15-8-13-11)9-3-5-10(14)6-4-9/h3-8,14H,1-2H3. The van der Waals surface area contributed by atoms with Gasteiger partial charge in [-0.2, -0.15) is 0 Å². The number of benzene rings is 1. The molecule has 0 saturated heterocycles. The van der Waals surface area contributed by atoms with E-state index >= 15 is 0 Å². The molecule has 15 heavy (non-hydrogen) atoms. The Morgan fingerprint density at radius 1 is 1.20 bits per heavy atom. The Labute approximate surface area is 88.4 Å². The fraction of sp³-hybridized carbons (Fsp3) is 0.250. The van der Waals surface area contributed by atoms with Crippen molar-refractivity contribution in [3.05, 3.63) is 48.2 Å². The van der Waals surface area contributed by atoms with Crippen molar-refractivity contribution in [3.8, 4) is 5.75 Å². The molecule has 78 valence electrons. The van der Waals surface area contributed by atoms with Crippen molar-refractivity contribution in [2.45, 2.75) is 19.3 Å². The van der Waals surface area contributed by atoms with Gasteiger partial charge in [0.25, 0.3) is 0 Å². The van der Waals surface area contributed by atoms with Crippen molar-refractivity contribution in [2.24, 2.45) is 0 Å². The van der Waals surface area contributed by atoms with Crippen LogP contribution in [0.3, 0.4) is 0 Å². The van der Waals surface area contributed by atoms with E-state index in [1.54, 1.807) is 18.4 Å². The molecule has 3 heteroatoms. The summed E-state index contributed by atoms with van der Waals surface area (Å²) in [5.41, 5.74) is 1.77. The first-order chi connectivity index (χ1) is 7.10. The predicted molar refractivity (Wildman–Crippen MR) is 56.7 cm³/mol. The van der Waals surface area contributed by atoms with Crippen LogP contribution in [-0.2, 0) is 5.41 Å². The van der Waals surface area contributed by atoms with Crippen LogP contribution in [0.4, 0.5) is 0 Å². The average Bonchev–Trinajstić information content (AvgIpc) is 2.71. The number of hydrogen-bond donors (Lipinski definition) is 1. The summed E-state index contributed by atoms with van der Waals surface area (Å²) in [6.07, 6.45) is 3.07. The van der Waals surface area contributed by atoms with E-state index in [0.717, 1.165) is 11.3 Å². The second-order valence-electron chi connectivity index (χ2n) is 4.05. The number of rotatable bonds is 2. The summed E-state index contributed by atoms with van der Waals surface area (Å²) < 4.78 is 4.99. The highest BCUT2D eigenvalue weighted by atomic mass is 16.3. The molecule has 1 heterocycles. The van der Waals surface area contributed by atoms with Crippen molar-refractivity contribution in [1.82, 2.24) is 4.98 Å². The van der Waals surface area contributed by atoms with Crippen LogP contribution in [0.15, 0.2) is 41.3 Å². The highest BCUT2D eigenvalue weighted by Crippen LogP contribution is 2.30. The summed E-state index contributed by atoms with van der Waals surface area (Å²) in [5, 5.41) is 9.22. The van der Waals surface area contributed by atoms with Gasteiger partial charge >= 0.3 is 0 Å². The Hall–Kier alpha value is -1.77. The molecule has 1 aromatic heterocycles. The minimum absolute atomic E-state index is 0.208. The van der Waals surface area contributed by atoms with Crippen LogP contribution in [0.25, 0.3) is 0 Å². The number of phenols is 1. The summed E-state index contributed by atoms with van der Waals surface area (Å²) in [6, 6.07) is 7.14. The lowest BCUT2D eigenvalue weighted by atomic mass is 9.82. The Morgan fingerprint density at radius 2 is 1.87 bits per heavy atom. The summed E-state index contributed by atoms with van der Waals surface area (Å²) in [5.74, 6) is 0.273. The van der Waals surface area contributed by atoms with Crippen molar-refractivity contribution in [1.29, 1.82) is 0 Å². The smallest absolute Gasteiger partial charge is 0.180 e. The van der Waals surface area contributed by atoms with E-state index in [-0.39, 0.29) is 11.2 Å². The van der Waals surface area contributed by atoms with Crippen molar-refractivity contribution in [3.63, 3.8) is 0 Å².